The number of aromatic nitrogens is 3. The maximum atomic E-state index is 12.5. The van der Waals surface area contributed by atoms with Crippen LogP contribution in [0.4, 0.5) is 16.2 Å². The number of aryl methyl sites for hydroxylation is 1. The Morgan fingerprint density at radius 2 is 1.68 bits per heavy atom. The third kappa shape index (κ3) is 3.55. The molecule has 1 N–H and O–H groups in total. The molecule has 144 valence electrons. The van der Waals surface area contributed by atoms with Gasteiger partial charge in [0.2, 0.25) is 0 Å². The van der Waals surface area contributed by atoms with Crippen molar-refractivity contribution in [2.24, 2.45) is 0 Å². The molecule has 0 unspecified atom stereocenters. The van der Waals surface area contributed by atoms with Crippen molar-refractivity contribution >= 4 is 17.4 Å². The first-order valence-electron chi connectivity index (χ1n) is 9.47. The number of pyridine rings is 1. The van der Waals surface area contributed by atoms with Gasteiger partial charge in [0.15, 0.2) is 5.82 Å². The molecular weight excluding hydrogens is 352 g/mol. The van der Waals surface area contributed by atoms with E-state index in [2.05, 4.69) is 27.2 Å². The number of benzene rings is 1. The summed E-state index contributed by atoms with van der Waals surface area (Å²) in [5.74, 6) is 0.815. The van der Waals surface area contributed by atoms with E-state index >= 15 is 0 Å². The highest BCUT2D eigenvalue weighted by atomic mass is 16.2. The summed E-state index contributed by atoms with van der Waals surface area (Å²) in [6.45, 7) is 6.99. The van der Waals surface area contributed by atoms with E-state index in [0.717, 1.165) is 41.7 Å². The lowest BCUT2D eigenvalue weighted by molar-refractivity contribution is 0.208. The minimum atomic E-state index is -0.0523. The molecule has 7 nitrogen and oxygen atoms in total. The van der Waals surface area contributed by atoms with Crippen LogP contribution in [0.2, 0.25) is 0 Å². The van der Waals surface area contributed by atoms with Gasteiger partial charge in [-0.2, -0.15) is 5.10 Å². The van der Waals surface area contributed by atoms with Crippen molar-refractivity contribution in [2.75, 3.05) is 36.4 Å². The summed E-state index contributed by atoms with van der Waals surface area (Å²) in [4.78, 5) is 21.1. The number of hydrogen-bond acceptors (Lipinski definition) is 4. The first-order chi connectivity index (χ1) is 13.6. The second kappa shape index (κ2) is 7.72. The number of piperazine rings is 1. The van der Waals surface area contributed by atoms with Crippen molar-refractivity contribution in [3.05, 3.63) is 66.1 Å². The van der Waals surface area contributed by atoms with Crippen molar-refractivity contribution in [3.8, 4) is 5.82 Å². The van der Waals surface area contributed by atoms with Gasteiger partial charge in [-0.05, 0) is 38.1 Å². The molecule has 4 rings (SSSR count). The Bertz CT molecular complexity index is 946. The molecule has 1 aliphatic heterocycles. The van der Waals surface area contributed by atoms with Gasteiger partial charge in [-0.3, -0.25) is 0 Å². The van der Waals surface area contributed by atoms with Gasteiger partial charge in [-0.15, -0.1) is 0 Å². The van der Waals surface area contributed by atoms with E-state index in [1.54, 1.807) is 6.20 Å². The number of nitrogens with one attached hydrogen (secondary N) is 1. The minimum absolute atomic E-state index is 0.0523. The zero-order valence-electron chi connectivity index (χ0n) is 16.2. The van der Waals surface area contributed by atoms with Crippen LogP contribution >= 0.6 is 0 Å². The molecule has 1 aliphatic rings. The average Bonchev–Trinajstić information content (AvgIpc) is 3.03. The Hall–Kier alpha value is -3.35. The van der Waals surface area contributed by atoms with E-state index < -0.39 is 0 Å². The van der Waals surface area contributed by atoms with Gasteiger partial charge in [0.1, 0.15) is 0 Å². The first-order valence-corrected chi connectivity index (χ1v) is 9.47. The van der Waals surface area contributed by atoms with E-state index in [1.807, 2.05) is 65.0 Å². The zero-order valence-corrected chi connectivity index (χ0v) is 16.2. The third-order valence-corrected chi connectivity index (χ3v) is 5.03. The van der Waals surface area contributed by atoms with Gasteiger partial charge in [-0.25, -0.2) is 14.5 Å². The molecular formula is C21H24N6O. The van der Waals surface area contributed by atoms with Crippen molar-refractivity contribution in [3.63, 3.8) is 0 Å². The Kier molecular flexibility index (Phi) is 4.97. The number of nitrogens with zero attached hydrogens (tertiary/aromatic N) is 5. The molecule has 0 aliphatic carbocycles. The molecule has 0 radical (unpaired) electrons. The Morgan fingerprint density at radius 3 is 2.36 bits per heavy atom. The van der Waals surface area contributed by atoms with Gasteiger partial charge in [0.05, 0.1) is 17.1 Å². The topological polar surface area (TPSA) is 66.3 Å². The molecule has 0 spiro atoms. The van der Waals surface area contributed by atoms with Crippen LogP contribution < -0.4 is 10.2 Å². The maximum Gasteiger partial charge on any atom is 0.321 e. The fraction of sp³-hybridized carbons (Fsp3) is 0.286. The quantitative estimate of drug-likeness (QED) is 0.762. The summed E-state index contributed by atoms with van der Waals surface area (Å²) in [6.07, 6.45) is 1.77. The van der Waals surface area contributed by atoms with E-state index in [-0.39, 0.29) is 6.03 Å². The summed E-state index contributed by atoms with van der Waals surface area (Å²) < 4.78 is 1.89. The van der Waals surface area contributed by atoms with Crippen LogP contribution in [-0.2, 0) is 0 Å². The molecule has 3 aromatic rings. The number of carbonyl (C=O) groups is 1. The molecule has 1 aromatic carbocycles. The normalized spacial score (nSPS) is 14.2. The SMILES string of the molecule is Cc1nn(-c2ccccn2)c(C)c1N1CCN(C(=O)Nc2ccccc2)CC1. The summed E-state index contributed by atoms with van der Waals surface area (Å²) in [6, 6.07) is 15.3. The molecule has 0 saturated carbocycles. The first kappa shape index (κ1) is 18.0. The Morgan fingerprint density at radius 1 is 0.964 bits per heavy atom. The summed E-state index contributed by atoms with van der Waals surface area (Å²) in [5.41, 5.74) is 4.00. The smallest absolute Gasteiger partial charge is 0.321 e. The van der Waals surface area contributed by atoms with Gasteiger partial charge in [-0.1, -0.05) is 24.3 Å². The van der Waals surface area contributed by atoms with Gasteiger partial charge >= 0.3 is 6.03 Å². The number of hydrogen-bond donors (Lipinski definition) is 1. The lowest BCUT2D eigenvalue weighted by atomic mass is 10.2. The fourth-order valence-corrected chi connectivity index (χ4v) is 3.65. The summed E-state index contributed by atoms with van der Waals surface area (Å²) >= 11 is 0. The summed E-state index contributed by atoms with van der Waals surface area (Å²) in [5, 5.41) is 7.64. The highest BCUT2D eigenvalue weighted by Crippen LogP contribution is 2.27. The standard InChI is InChI=1S/C21H24N6O/c1-16-20(17(2)27(24-16)19-10-6-7-11-22-19)25-12-14-26(15-13-25)21(28)23-18-8-4-3-5-9-18/h3-11H,12-15H2,1-2H3,(H,23,28). The van der Waals surface area contributed by atoms with Crippen LogP contribution in [0.15, 0.2) is 54.7 Å². The second-order valence-electron chi connectivity index (χ2n) is 6.89. The Labute approximate surface area is 164 Å². The number of urea groups is 1. The van der Waals surface area contributed by atoms with Crippen molar-refractivity contribution < 1.29 is 4.79 Å². The third-order valence-electron chi connectivity index (χ3n) is 5.03. The van der Waals surface area contributed by atoms with Crippen LogP contribution in [0, 0.1) is 13.8 Å². The monoisotopic (exact) mass is 376 g/mol. The van der Waals surface area contributed by atoms with E-state index in [4.69, 9.17) is 0 Å². The predicted octanol–water partition coefficient (Wildman–Crippen LogP) is 3.24. The lowest BCUT2D eigenvalue weighted by Gasteiger charge is -2.36. The molecule has 0 bridgehead atoms. The number of para-hydroxylation sites is 1. The molecule has 3 heterocycles. The zero-order chi connectivity index (χ0) is 19.5. The van der Waals surface area contributed by atoms with Crippen LogP contribution in [0.25, 0.3) is 5.82 Å². The molecule has 0 atom stereocenters. The highest BCUT2D eigenvalue weighted by molar-refractivity contribution is 5.89. The van der Waals surface area contributed by atoms with Crippen molar-refractivity contribution in [1.82, 2.24) is 19.7 Å². The highest BCUT2D eigenvalue weighted by Gasteiger charge is 2.25. The van der Waals surface area contributed by atoms with Crippen LogP contribution in [0.5, 0.6) is 0 Å². The summed E-state index contributed by atoms with van der Waals surface area (Å²) in [7, 11) is 0. The minimum Gasteiger partial charge on any atom is -0.365 e. The number of anilines is 2. The predicted molar refractivity (Wildman–Crippen MR) is 110 cm³/mol. The molecule has 2 aromatic heterocycles. The average molecular weight is 376 g/mol. The molecule has 28 heavy (non-hydrogen) atoms. The largest absolute Gasteiger partial charge is 0.365 e. The van der Waals surface area contributed by atoms with Crippen LogP contribution in [0.3, 0.4) is 0 Å². The van der Waals surface area contributed by atoms with Gasteiger partial charge in [0, 0.05) is 38.1 Å². The molecule has 1 saturated heterocycles. The number of carbonyl (C=O) groups excluding carboxylic acids is 1. The van der Waals surface area contributed by atoms with Crippen molar-refractivity contribution in [2.45, 2.75) is 13.8 Å². The second-order valence-corrected chi connectivity index (χ2v) is 6.89. The number of amides is 2. The van der Waals surface area contributed by atoms with E-state index in [1.165, 1.54) is 0 Å². The maximum absolute atomic E-state index is 12.5. The fourth-order valence-electron chi connectivity index (χ4n) is 3.65. The van der Waals surface area contributed by atoms with Gasteiger partial charge in [0.25, 0.3) is 0 Å². The van der Waals surface area contributed by atoms with Gasteiger partial charge < -0.3 is 15.1 Å². The molecule has 7 heteroatoms. The molecule has 2 amide bonds. The molecule has 1 fully saturated rings. The van der Waals surface area contributed by atoms with Crippen LogP contribution in [-0.4, -0.2) is 51.9 Å². The number of rotatable bonds is 3. The lowest BCUT2D eigenvalue weighted by Crippen LogP contribution is -2.50. The van der Waals surface area contributed by atoms with Crippen LogP contribution in [0.1, 0.15) is 11.4 Å². The Balaban J connectivity index is 1.44. The van der Waals surface area contributed by atoms with Crippen molar-refractivity contribution in [1.29, 1.82) is 0 Å². The van der Waals surface area contributed by atoms with E-state index in [0.29, 0.717) is 13.1 Å². The van der Waals surface area contributed by atoms with E-state index in [9.17, 15) is 4.79 Å².